The first-order valence-corrected chi connectivity index (χ1v) is 7.01. The molecule has 2 heterocycles. The number of hydrogen-bond donors (Lipinski definition) is 1. The van der Waals surface area contributed by atoms with Gasteiger partial charge in [0.05, 0.1) is 18.9 Å². The third-order valence-electron chi connectivity index (χ3n) is 2.54. The summed E-state index contributed by atoms with van der Waals surface area (Å²) in [6, 6.07) is 8.25. The Kier molecular flexibility index (Phi) is 5.33. The molecule has 1 N–H and O–H groups in total. The molecule has 0 saturated carbocycles. The van der Waals surface area contributed by atoms with Gasteiger partial charge in [0.2, 0.25) is 0 Å². The van der Waals surface area contributed by atoms with Crippen LogP contribution in [0.4, 0.5) is 0 Å². The second kappa shape index (κ2) is 7.26. The monoisotopic (exact) mass is 262 g/mol. The number of ether oxygens (including phenoxy) is 1. The average Bonchev–Trinajstić information content (AvgIpc) is 2.91. The van der Waals surface area contributed by atoms with Gasteiger partial charge in [0.15, 0.2) is 0 Å². The van der Waals surface area contributed by atoms with Crippen LogP contribution in [0, 0.1) is 0 Å². The number of nitrogens with one attached hydrogen (secondary N) is 1. The minimum absolute atomic E-state index is 0.569. The van der Waals surface area contributed by atoms with E-state index in [2.05, 4.69) is 34.7 Å². The Labute approximate surface area is 112 Å². The van der Waals surface area contributed by atoms with Gasteiger partial charge in [-0.1, -0.05) is 19.1 Å². The van der Waals surface area contributed by atoms with Crippen molar-refractivity contribution < 1.29 is 4.74 Å². The largest absolute Gasteiger partial charge is 0.370 e. The summed E-state index contributed by atoms with van der Waals surface area (Å²) >= 11 is 1.72. The van der Waals surface area contributed by atoms with Crippen LogP contribution in [0.5, 0.6) is 0 Å². The van der Waals surface area contributed by atoms with E-state index >= 15 is 0 Å². The molecule has 18 heavy (non-hydrogen) atoms. The van der Waals surface area contributed by atoms with E-state index in [-0.39, 0.29) is 0 Å². The second-order valence-electron chi connectivity index (χ2n) is 4.01. The zero-order chi connectivity index (χ0) is 12.6. The molecular formula is C14H18N2OS. The molecule has 0 aliphatic carbocycles. The van der Waals surface area contributed by atoms with Crippen LogP contribution in [0.1, 0.15) is 23.1 Å². The third kappa shape index (κ3) is 4.22. The van der Waals surface area contributed by atoms with Gasteiger partial charge < -0.3 is 10.1 Å². The van der Waals surface area contributed by atoms with Crippen LogP contribution in [-0.4, -0.2) is 11.5 Å². The lowest BCUT2D eigenvalue weighted by molar-refractivity contribution is 0.106. The Morgan fingerprint density at radius 2 is 2.22 bits per heavy atom. The fraction of sp³-hybridized carbons (Fsp3) is 0.357. The van der Waals surface area contributed by atoms with Crippen LogP contribution in [0.25, 0.3) is 0 Å². The maximum atomic E-state index is 5.62. The molecule has 2 aromatic heterocycles. The maximum Gasteiger partial charge on any atom is 0.0892 e. The summed E-state index contributed by atoms with van der Waals surface area (Å²) in [5.41, 5.74) is 2.19. The Hall–Kier alpha value is -1.23. The van der Waals surface area contributed by atoms with Gasteiger partial charge in [-0.25, -0.2) is 0 Å². The lowest BCUT2D eigenvalue weighted by atomic mass is 10.2. The number of thiophene rings is 1. The van der Waals surface area contributed by atoms with Gasteiger partial charge in [0.1, 0.15) is 0 Å². The predicted molar refractivity (Wildman–Crippen MR) is 74.4 cm³/mol. The Morgan fingerprint density at radius 1 is 1.28 bits per heavy atom. The lowest BCUT2D eigenvalue weighted by Crippen LogP contribution is -2.12. The van der Waals surface area contributed by atoms with Crippen molar-refractivity contribution in [1.82, 2.24) is 10.3 Å². The summed E-state index contributed by atoms with van der Waals surface area (Å²) in [5.74, 6) is 0. The molecule has 4 heteroatoms. The van der Waals surface area contributed by atoms with Crippen molar-refractivity contribution in [2.75, 3.05) is 6.54 Å². The van der Waals surface area contributed by atoms with Crippen molar-refractivity contribution in [2.24, 2.45) is 0 Å². The summed E-state index contributed by atoms with van der Waals surface area (Å²) in [4.78, 5) is 5.64. The van der Waals surface area contributed by atoms with E-state index in [4.69, 9.17) is 4.74 Å². The highest BCUT2D eigenvalue weighted by atomic mass is 32.1. The molecule has 0 radical (unpaired) electrons. The standard InChI is InChI=1S/C14H18N2OS/c1-2-15-8-12-5-6-13(16-9-12)10-17-11-14-4-3-7-18-14/h3-7,9,15H,2,8,10-11H2,1H3. The molecule has 2 rings (SSSR count). The number of hydrogen-bond acceptors (Lipinski definition) is 4. The zero-order valence-electron chi connectivity index (χ0n) is 10.6. The predicted octanol–water partition coefficient (Wildman–Crippen LogP) is 2.97. The summed E-state index contributed by atoms with van der Waals surface area (Å²) in [6.07, 6.45) is 1.91. The third-order valence-corrected chi connectivity index (χ3v) is 3.39. The Bertz CT molecular complexity index is 439. The number of nitrogens with zero attached hydrogens (tertiary/aromatic N) is 1. The molecule has 0 aliphatic heterocycles. The molecule has 0 atom stereocenters. The van der Waals surface area contributed by atoms with Crippen LogP contribution in [-0.2, 0) is 24.5 Å². The summed E-state index contributed by atoms with van der Waals surface area (Å²) in [7, 11) is 0. The molecule has 0 spiro atoms. The van der Waals surface area contributed by atoms with Crippen molar-refractivity contribution in [2.45, 2.75) is 26.7 Å². The van der Waals surface area contributed by atoms with E-state index in [0.29, 0.717) is 13.2 Å². The smallest absolute Gasteiger partial charge is 0.0892 e. The number of aromatic nitrogens is 1. The normalized spacial score (nSPS) is 10.7. The van der Waals surface area contributed by atoms with Crippen molar-refractivity contribution in [3.05, 3.63) is 52.0 Å². The molecule has 0 aromatic carbocycles. The molecule has 0 bridgehead atoms. The Balaban J connectivity index is 1.75. The fourth-order valence-electron chi connectivity index (χ4n) is 1.57. The summed E-state index contributed by atoms with van der Waals surface area (Å²) in [5, 5.41) is 5.34. The topological polar surface area (TPSA) is 34.1 Å². The molecule has 0 unspecified atom stereocenters. The van der Waals surface area contributed by atoms with Crippen molar-refractivity contribution in [1.29, 1.82) is 0 Å². The van der Waals surface area contributed by atoms with Gasteiger partial charge in [-0.05, 0) is 29.6 Å². The average molecular weight is 262 g/mol. The minimum Gasteiger partial charge on any atom is -0.370 e. The van der Waals surface area contributed by atoms with E-state index in [1.807, 2.05) is 18.3 Å². The minimum atomic E-state index is 0.569. The first-order chi connectivity index (χ1) is 8.88. The van der Waals surface area contributed by atoms with Gasteiger partial charge in [-0.15, -0.1) is 11.3 Å². The highest BCUT2D eigenvalue weighted by molar-refractivity contribution is 7.09. The molecule has 0 fully saturated rings. The number of pyridine rings is 1. The quantitative estimate of drug-likeness (QED) is 0.833. The number of rotatable bonds is 7. The van der Waals surface area contributed by atoms with Crippen LogP contribution < -0.4 is 5.32 Å². The highest BCUT2D eigenvalue weighted by Gasteiger charge is 1.98. The van der Waals surface area contributed by atoms with E-state index in [1.54, 1.807) is 11.3 Å². The van der Waals surface area contributed by atoms with Crippen LogP contribution in [0.15, 0.2) is 35.8 Å². The van der Waals surface area contributed by atoms with Gasteiger partial charge in [0, 0.05) is 17.6 Å². The molecule has 0 aliphatic rings. The second-order valence-corrected chi connectivity index (χ2v) is 5.04. The van der Waals surface area contributed by atoms with Gasteiger partial charge >= 0.3 is 0 Å². The maximum absolute atomic E-state index is 5.62. The van der Waals surface area contributed by atoms with Crippen LogP contribution >= 0.6 is 11.3 Å². The van der Waals surface area contributed by atoms with Crippen molar-refractivity contribution >= 4 is 11.3 Å². The van der Waals surface area contributed by atoms with E-state index < -0.39 is 0 Å². The summed E-state index contributed by atoms with van der Waals surface area (Å²) in [6.45, 7) is 5.18. The fourth-order valence-corrected chi connectivity index (χ4v) is 2.21. The summed E-state index contributed by atoms with van der Waals surface area (Å²) < 4.78 is 5.62. The van der Waals surface area contributed by atoms with Crippen LogP contribution in [0.2, 0.25) is 0 Å². The van der Waals surface area contributed by atoms with Gasteiger partial charge in [-0.3, -0.25) is 4.98 Å². The molecule has 2 aromatic rings. The lowest BCUT2D eigenvalue weighted by Gasteiger charge is -2.04. The first-order valence-electron chi connectivity index (χ1n) is 6.13. The Morgan fingerprint density at radius 3 is 2.89 bits per heavy atom. The zero-order valence-corrected chi connectivity index (χ0v) is 11.4. The van der Waals surface area contributed by atoms with E-state index in [1.165, 1.54) is 10.4 Å². The molecule has 3 nitrogen and oxygen atoms in total. The highest BCUT2D eigenvalue weighted by Crippen LogP contribution is 2.11. The van der Waals surface area contributed by atoms with Crippen molar-refractivity contribution in [3.8, 4) is 0 Å². The molecule has 0 saturated heterocycles. The SMILES string of the molecule is CCNCc1ccc(COCc2cccs2)nc1. The first kappa shape index (κ1) is 13.2. The molecule has 96 valence electrons. The van der Waals surface area contributed by atoms with Gasteiger partial charge in [0.25, 0.3) is 0 Å². The van der Waals surface area contributed by atoms with Crippen molar-refractivity contribution in [3.63, 3.8) is 0 Å². The van der Waals surface area contributed by atoms with E-state index in [0.717, 1.165) is 18.8 Å². The van der Waals surface area contributed by atoms with E-state index in [9.17, 15) is 0 Å². The molecule has 0 amide bonds. The molecular weight excluding hydrogens is 244 g/mol. The van der Waals surface area contributed by atoms with Gasteiger partial charge in [-0.2, -0.15) is 0 Å². The van der Waals surface area contributed by atoms with Crippen LogP contribution in [0.3, 0.4) is 0 Å².